The molecule has 0 N–H and O–H groups in total. The molecule has 0 saturated carbocycles. The summed E-state index contributed by atoms with van der Waals surface area (Å²) < 4.78 is 11.1. The average molecular weight is 221 g/mol. The Kier molecular flexibility index (Phi) is 2.73. The fourth-order valence-electron chi connectivity index (χ4n) is 1.23. The molecule has 2 atom stereocenters. The van der Waals surface area contributed by atoms with Crippen LogP contribution < -0.4 is 0 Å². The summed E-state index contributed by atoms with van der Waals surface area (Å²) in [6, 6.07) is 0. The molecule has 11 heavy (non-hydrogen) atoms. The van der Waals surface area contributed by atoms with Crippen LogP contribution in [0.15, 0.2) is 11.1 Å². The van der Waals surface area contributed by atoms with Crippen molar-refractivity contribution in [2.24, 2.45) is 0 Å². The molecule has 0 aliphatic carbocycles. The normalized spacial score (nSPS) is 36.7. The molecule has 0 amide bonds. The van der Waals surface area contributed by atoms with Gasteiger partial charge in [-0.2, -0.15) is 0 Å². The zero-order valence-electron chi connectivity index (χ0n) is 7.00. The van der Waals surface area contributed by atoms with Crippen LogP contribution in [0.1, 0.15) is 20.8 Å². The van der Waals surface area contributed by atoms with Crippen molar-refractivity contribution in [1.82, 2.24) is 0 Å². The predicted molar refractivity (Wildman–Crippen MR) is 47.6 cm³/mol. The Morgan fingerprint density at radius 2 is 2.00 bits per heavy atom. The fourth-order valence-corrected chi connectivity index (χ4v) is 1.53. The van der Waals surface area contributed by atoms with Crippen molar-refractivity contribution in [3.05, 3.63) is 11.1 Å². The topological polar surface area (TPSA) is 18.5 Å². The Labute approximate surface area is 75.7 Å². The Morgan fingerprint density at radius 3 is 2.36 bits per heavy atom. The van der Waals surface area contributed by atoms with E-state index in [1.165, 1.54) is 0 Å². The van der Waals surface area contributed by atoms with Crippen LogP contribution in [0.2, 0.25) is 0 Å². The van der Waals surface area contributed by atoms with Crippen molar-refractivity contribution in [3.8, 4) is 0 Å². The van der Waals surface area contributed by atoms with E-state index >= 15 is 0 Å². The fraction of sp³-hybridized carbons (Fsp3) is 0.750. The van der Waals surface area contributed by atoms with Crippen LogP contribution in [0.4, 0.5) is 0 Å². The minimum atomic E-state index is -0.434. The number of rotatable bonds is 1. The lowest BCUT2D eigenvalue weighted by Gasteiger charge is -2.15. The van der Waals surface area contributed by atoms with Gasteiger partial charge in [-0.25, -0.2) is 0 Å². The van der Waals surface area contributed by atoms with Gasteiger partial charge in [-0.3, -0.25) is 0 Å². The van der Waals surface area contributed by atoms with Crippen LogP contribution in [0.5, 0.6) is 0 Å². The lowest BCUT2D eigenvalue weighted by Crippen LogP contribution is -2.20. The number of hydrogen-bond acceptors (Lipinski definition) is 2. The average Bonchev–Trinajstić information content (AvgIpc) is 2.07. The van der Waals surface area contributed by atoms with Gasteiger partial charge < -0.3 is 9.47 Å². The second kappa shape index (κ2) is 3.25. The third-order valence-corrected chi connectivity index (χ3v) is 1.92. The van der Waals surface area contributed by atoms with Crippen molar-refractivity contribution in [3.63, 3.8) is 0 Å². The summed E-state index contributed by atoms with van der Waals surface area (Å²) >= 11 is 3.21. The molecule has 1 saturated heterocycles. The molecule has 1 fully saturated rings. The van der Waals surface area contributed by atoms with E-state index in [1.807, 2.05) is 26.8 Å². The van der Waals surface area contributed by atoms with Crippen LogP contribution in [0.3, 0.4) is 0 Å². The lowest BCUT2D eigenvalue weighted by atomic mass is 10.2. The van der Waals surface area contributed by atoms with Crippen molar-refractivity contribution < 1.29 is 9.47 Å². The summed E-state index contributed by atoms with van der Waals surface area (Å²) in [5, 5.41) is 0. The first-order valence-corrected chi connectivity index (χ1v) is 4.59. The molecule has 1 aliphatic rings. The van der Waals surface area contributed by atoms with Gasteiger partial charge in [0.25, 0.3) is 0 Å². The first kappa shape index (κ1) is 9.23. The first-order chi connectivity index (χ1) is 5.05. The van der Waals surface area contributed by atoms with Gasteiger partial charge in [-0.05, 0) is 31.8 Å². The highest BCUT2D eigenvalue weighted by Gasteiger charge is 2.36. The van der Waals surface area contributed by atoms with Crippen LogP contribution in [0, 0.1) is 0 Å². The maximum Gasteiger partial charge on any atom is 0.164 e. The molecule has 1 heterocycles. The minimum Gasteiger partial charge on any atom is -0.345 e. The molecule has 0 radical (unpaired) electrons. The van der Waals surface area contributed by atoms with Gasteiger partial charge >= 0.3 is 0 Å². The summed E-state index contributed by atoms with van der Waals surface area (Å²) in [5.74, 6) is -0.434. The molecular weight excluding hydrogens is 208 g/mol. The van der Waals surface area contributed by atoms with Gasteiger partial charge in [-0.1, -0.05) is 15.9 Å². The molecule has 1 aliphatic heterocycles. The van der Waals surface area contributed by atoms with E-state index in [9.17, 15) is 0 Å². The molecular formula is C8H13BrO2. The standard InChI is InChI=1S/C8H13BrO2/c1-6-7(4-5-9)11-8(2,3)10-6/h4-7H,1-3H3/b5-4-/t6-,7-/m0/s1. The molecule has 64 valence electrons. The monoisotopic (exact) mass is 220 g/mol. The van der Waals surface area contributed by atoms with E-state index in [0.717, 1.165) is 0 Å². The molecule has 0 unspecified atom stereocenters. The van der Waals surface area contributed by atoms with E-state index in [2.05, 4.69) is 15.9 Å². The molecule has 1 rings (SSSR count). The van der Waals surface area contributed by atoms with Gasteiger partial charge in [-0.15, -0.1) is 0 Å². The Morgan fingerprint density at radius 1 is 1.36 bits per heavy atom. The van der Waals surface area contributed by atoms with E-state index in [4.69, 9.17) is 9.47 Å². The quantitative estimate of drug-likeness (QED) is 0.677. The Hall–Kier alpha value is 0.140. The summed E-state index contributed by atoms with van der Waals surface area (Å²) in [5.41, 5.74) is 0. The summed E-state index contributed by atoms with van der Waals surface area (Å²) in [7, 11) is 0. The Balaban J connectivity index is 2.59. The van der Waals surface area contributed by atoms with Gasteiger partial charge in [0.05, 0.1) is 6.10 Å². The first-order valence-electron chi connectivity index (χ1n) is 3.68. The summed E-state index contributed by atoms with van der Waals surface area (Å²) in [6.07, 6.45) is 2.16. The predicted octanol–water partition coefficient (Wildman–Crippen LogP) is 2.44. The number of ether oxygens (including phenoxy) is 2. The van der Waals surface area contributed by atoms with Crippen LogP contribution in [-0.4, -0.2) is 18.0 Å². The molecule has 0 bridgehead atoms. The van der Waals surface area contributed by atoms with Crippen molar-refractivity contribution >= 4 is 15.9 Å². The minimum absolute atomic E-state index is 0.0735. The van der Waals surface area contributed by atoms with E-state index < -0.39 is 5.79 Å². The van der Waals surface area contributed by atoms with E-state index in [-0.39, 0.29) is 12.2 Å². The smallest absolute Gasteiger partial charge is 0.164 e. The lowest BCUT2D eigenvalue weighted by molar-refractivity contribution is -0.141. The van der Waals surface area contributed by atoms with Crippen LogP contribution in [0.25, 0.3) is 0 Å². The molecule has 0 spiro atoms. The van der Waals surface area contributed by atoms with E-state index in [0.29, 0.717) is 0 Å². The third-order valence-electron chi connectivity index (χ3n) is 1.61. The largest absolute Gasteiger partial charge is 0.345 e. The summed E-state index contributed by atoms with van der Waals surface area (Å²) in [6.45, 7) is 5.85. The SMILES string of the molecule is C[C@@H]1OC(C)(C)O[C@H]1/C=C\Br. The zero-order valence-corrected chi connectivity index (χ0v) is 8.59. The van der Waals surface area contributed by atoms with Crippen molar-refractivity contribution in [2.75, 3.05) is 0 Å². The second-order valence-electron chi connectivity index (χ2n) is 3.12. The zero-order chi connectivity index (χ0) is 8.48. The van der Waals surface area contributed by atoms with Crippen molar-refractivity contribution in [1.29, 1.82) is 0 Å². The number of hydrogen-bond donors (Lipinski definition) is 0. The maximum atomic E-state index is 5.56. The van der Waals surface area contributed by atoms with Gasteiger partial charge in [0.15, 0.2) is 5.79 Å². The summed E-state index contributed by atoms with van der Waals surface area (Å²) in [4.78, 5) is 1.80. The molecule has 2 nitrogen and oxygen atoms in total. The number of halogens is 1. The van der Waals surface area contributed by atoms with Crippen LogP contribution >= 0.6 is 15.9 Å². The molecule has 0 aromatic carbocycles. The van der Waals surface area contributed by atoms with Gasteiger partial charge in [0, 0.05) is 0 Å². The molecule has 0 aromatic rings. The highest BCUT2D eigenvalue weighted by Crippen LogP contribution is 2.28. The maximum absolute atomic E-state index is 5.56. The molecule has 0 aromatic heterocycles. The van der Waals surface area contributed by atoms with Gasteiger partial charge in [0.1, 0.15) is 6.10 Å². The highest BCUT2D eigenvalue weighted by atomic mass is 79.9. The third kappa shape index (κ3) is 2.29. The Bertz CT molecular complexity index is 165. The van der Waals surface area contributed by atoms with Gasteiger partial charge in [0.2, 0.25) is 0 Å². The van der Waals surface area contributed by atoms with Crippen LogP contribution in [-0.2, 0) is 9.47 Å². The highest BCUT2D eigenvalue weighted by molar-refractivity contribution is 9.11. The molecule has 3 heteroatoms. The van der Waals surface area contributed by atoms with E-state index in [1.54, 1.807) is 4.99 Å². The van der Waals surface area contributed by atoms with Crippen molar-refractivity contribution in [2.45, 2.75) is 38.8 Å². The second-order valence-corrected chi connectivity index (χ2v) is 3.65.